The number of hydrogen-bond acceptors (Lipinski definition) is 10. The largest absolute Gasteiger partial charge is 0.395 e. The Hall–Kier alpha value is -3.08. The van der Waals surface area contributed by atoms with E-state index in [-0.39, 0.29) is 36.2 Å². The fourth-order valence-electron chi connectivity index (χ4n) is 6.90. The van der Waals surface area contributed by atoms with E-state index >= 15 is 4.11 Å². The summed E-state index contributed by atoms with van der Waals surface area (Å²) in [4.78, 5) is 12.6. The van der Waals surface area contributed by atoms with Gasteiger partial charge < -0.3 is 44.4 Å². The summed E-state index contributed by atoms with van der Waals surface area (Å²) in [7, 11) is -3.07. The highest BCUT2D eigenvalue weighted by Gasteiger charge is 2.51. The lowest BCUT2D eigenvalue weighted by Gasteiger charge is -2.37. The van der Waals surface area contributed by atoms with Crippen LogP contribution in [0.2, 0.25) is 18.6 Å². The predicted molar refractivity (Wildman–Crippen MR) is 172 cm³/mol. The second-order valence-corrected chi connectivity index (χ2v) is 16.9. The molecule has 2 aromatic carbocycles. The first kappa shape index (κ1) is 35.2. The molecular weight excluding hydrogens is 627 g/mol. The van der Waals surface area contributed by atoms with Crippen molar-refractivity contribution in [3.63, 3.8) is 0 Å². The molecule has 1 aromatic heterocycles. The Kier molecular flexibility index (Phi) is 11.2. The number of nitrogens with one attached hydrogen (secondary N) is 1. The summed E-state index contributed by atoms with van der Waals surface area (Å²) in [5, 5.41) is 60.5. The summed E-state index contributed by atoms with van der Waals surface area (Å²) in [6, 6.07) is 16.7. The number of hydrogen-bond donors (Lipinski definition) is 6. The number of ether oxygens (including phenoxy) is 2. The minimum Gasteiger partial charge on any atom is -0.395 e. The second-order valence-electron chi connectivity index (χ2n) is 13.1. The Labute approximate surface area is 274 Å². The normalized spacial score (nSPS) is 30.3. The molecule has 5 rings (SSSR count). The highest BCUT2D eigenvalue weighted by Crippen LogP contribution is 2.47. The van der Waals surface area contributed by atoms with Crippen LogP contribution in [0.3, 0.4) is 0 Å². The summed E-state index contributed by atoms with van der Waals surface area (Å²) >= 11 is 0. The minimum absolute atomic E-state index is 0.0273. The first-order valence-corrected chi connectivity index (χ1v) is 19.0. The van der Waals surface area contributed by atoms with Gasteiger partial charge in [-0.3, -0.25) is 9.48 Å². The maximum Gasteiger partial charge on any atom is 0.256 e. The van der Waals surface area contributed by atoms with Crippen molar-refractivity contribution < 1.29 is 43.9 Å². The van der Waals surface area contributed by atoms with Crippen LogP contribution >= 0.6 is 0 Å². The van der Waals surface area contributed by atoms with E-state index < -0.39 is 45.0 Å². The number of carbonyl (C=O) groups is 1. The number of benzene rings is 2. The monoisotopic (exact) mass is 672 g/mol. The molecule has 0 radical (unpaired) electrons. The number of aliphatic hydroxyl groups excluding tert-OH is 5. The van der Waals surface area contributed by atoms with Gasteiger partial charge >= 0.3 is 0 Å². The van der Waals surface area contributed by atoms with Crippen molar-refractivity contribution >= 4 is 20.0 Å². The van der Waals surface area contributed by atoms with Crippen LogP contribution in [0.15, 0.2) is 60.8 Å². The number of anilines is 1. The summed E-state index contributed by atoms with van der Waals surface area (Å²) < 4.78 is 28.9. The van der Waals surface area contributed by atoms with Crippen LogP contribution in [-0.4, -0.2) is 104 Å². The third kappa shape index (κ3) is 8.15. The van der Waals surface area contributed by atoms with Gasteiger partial charge in [0, 0.05) is 24.0 Å². The van der Waals surface area contributed by atoms with Crippen LogP contribution in [0, 0.1) is 5.92 Å². The molecule has 14 heteroatoms. The zero-order valence-corrected chi connectivity index (χ0v) is 27.8. The Morgan fingerprint density at radius 1 is 0.979 bits per heavy atom. The van der Waals surface area contributed by atoms with Crippen molar-refractivity contribution in [1.29, 1.82) is 0 Å². The fourth-order valence-corrected chi connectivity index (χ4v) is 9.49. The standard InChI is InChI=1S/C33H45FN4O8Si/c1-19-25(14-11-20-9-12-22(13-10-20)35-32(43)30-28(41)27(40)29(42)33(44)46-30)45-26(31(19)47(2,3)34)15-16-38-17-24(36-37-38)23(18-39)21-7-5-4-6-8-21/h4-10,12-13,17,19,23,25-31,33,39-42,44H,11,14-16,18H2,1-3H3,(H,35,43)/t19-,23?,25+,26-,27-,28-,29+,30-,31+,33+/m0/s1. The first-order valence-electron chi connectivity index (χ1n) is 16.0. The Balaban J connectivity index is 1.16. The molecule has 10 atom stereocenters. The van der Waals surface area contributed by atoms with Gasteiger partial charge in [-0.2, -0.15) is 0 Å². The Morgan fingerprint density at radius 3 is 2.34 bits per heavy atom. The van der Waals surface area contributed by atoms with Crippen LogP contribution in [0.4, 0.5) is 9.80 Å². The maximum absolute atomic E-state index is 15.7. The molecular formula is C33H45FN4O8Si. The van der Waals surface area contributed by atoms with E-state index in [0.717, 1.165) is 11.1 Å². The quantitative estimate of drug-likeness (QED) is 0.123. The van der Waals surface area contributed by atoms with Gasteiger partial charge in [-0.05, 0) is 61.5 Å². The van der Waals surface area contributed by atoms with E-state index in [0.29, 0.717) is 37.2 Å². The number of aromatic nitrogens is 3. The fraction of sp³-hybridized carbons (Fsp3) is 0.545. The lowest BCUT2D eigenvalue weighted by molar-refractivity contribution is -0.274. The molecule has 12 nitrogen and oxygen atoms in total. The zero-order chi connectivity index (χ0) is 33.9. The summed E-state index contributed by atoms with van der Waals surface area (Å²) in [6.45, 7) is 5.96. The SMILES string of the molecule is C[C@@H]1[C@@H]([Si](C)(C)F)[C@H](CCn2cc(C(CO)c3ccccc3)nn2)O[C@@H]1CCc1ccc(NC(=O)[C@H]2O[C@@H](O)[C@H](O)[C@@H](O)[C@@H]2O)cc1. The van der Waals surface area contributed by atoms with Crippen LogP contribution in [0.25, 0.3) is 0 Å². The first-order chi connectivity index (χ1) is 22.4. The molecule has 2 fully saturated rings. The van der Waals surface area contributed by atoms with Gasteiger partial charge in [-0.15, -0.1) is 5.10 Å². The van der Waals surface area contributed by atoms with Gasteiger partial charge in [-0.25, -0.2) is 0 Å². The molecule has 3 heterocycles. The molecule has 0 spiro atoms. The molecule has 47 heavy (non-hydrogen) atoms. The number of carbonyl (C=O) groups excluding carboxylic acids is 1. The predicted octanol–water partition coefficient (Wildman–Crippen LogP) is 2.11. The molecule has 2 saturated heterocycles. The van der Waals surface area contributed by atoms with Crippen molar-refractivity contribution in [2.24, 2.45) is 5.92 Å². The molecule has 3 aromatic rings. The smallest absolute Gasteiger partial charge is 0.256 e. The molecule has 0 saturated carbocycles. The van der Waals surface area contributed by atoms with Gasteiger partial charge in [0.15, 0.2) is 12.4 Å². The molecule has 2 aliphatic heterocycles. The molecule has 1 amide bonds. The van der Waals surface area contributed by atoms with Crippen LogP contribution < -0.4 is 5.32 Å². The van der Waals surface area contributed by atoms with E-state index in [1.807, 2.05) is 48.7 Å². The van der Waals surface area contributed by atoms with Crippen molar-refractivity contribution in [2.45, 2.75) is 100 Å². The third-order valence-corrected chi connectivity index (χ3v) is 11.9. The van der Waals surface area contributed by atoms with Gasteiger partial charge in [-0.1, -0.05) is 54.6 Å². The van der Waals surface area contributed by atoms with Crippen LogP contribution in [0.5, 0.6) is 0 Å². The lowest BCUT2D eigenvalue weighted by atomic mass is 9.95. The summed E-state index contributed by atoms with van der Waals surface area (Å²) in [6.07, 6.45) is -5.15. The van der Waals surface area contributed by atoms with Gasteiger partial charge in [0.05, 0.1) is 30.4 Å². The van der Waals surface area contributed by atoms with E-state index in [9.17, 15) is 30.3 Å². The molecule has 256 valence electrons. The molecule has 1 unspecified atom stereocenters. The number of aliphatic hydroxyl groups is 5. The molecule has 2 aliphatic rings. The number of rotatable bonds is 12. The highest BCUT2D eigenvalue weighted by atomic mass is 28.4. The molecule has 0 bridgehead atoms. The topological polar surface area (TPSA) is 179 Å². The van der Waals surface area contributed by atoms with Gasteiger partial charge in [0.1, 0.15) is 18.3 Å². The van der Waals surface area contributed by atoms with E-state index in [1.165, 1.54) is 0 Å². The van der Waals surface area contributed by atoms with Gasteiger partial charge in [0.25, 0.3) is 5.91 Å². The Bertz CT molecular complexity index is 1460. The summed E-state index contributed by atoms with van der Waals surface area (Å²) in [5.41, 5.74) is 2.87. The van der Waals surface area contributed by atoms with Gasteiger partial charge in [0.2, 0.25) is 8.41 Å². The number of halogens is 1. The second kappa shape index (κ2) is 15.0. The molecule has 6 N–H and O–H groups in total. The van der Waals surface area contributed by atoms with E-state index in [1.54, 1.807) is 29.9 Å². The van der Waals surface area contributed by atoms with E-state index in [4.69, 9.17) is 9.47 Å². The summed E-state index contributed by atoms with van der Waals surface area (Å²) in [5.74, 6) is -1.02. The minimum atomic E-state index is -3.07. The number of nitrogens with zero attached hydrogens (tertiary/aromatic N) is 3. The average Bonchev–Trinajstić information content (AvgIpc) is 3.65. The number of aryl methyl sites for hydroxylation is 2. The van der Waals surface area contributed by atoms with Crippen LogP contribution in [-0.2, 0) is 27.2 Å². The van der Waals surface area contributed by atoms with Crippen molar-refractivity contribution in [2.75, 3.05) is 11.9 Å². The van der Waals surface area contributed by atoms with Crippen molar-refractivity contribution in [3.8, 4) is 0 Å². The van der Waals surface area contributed by atoms with Crippen molar-refractivity contribution in [3.05, 3.63) is 77.6 Å². The average molecular weight is 673 g/mol. The molecule has 0 aliphatic carbocycles. The van der Waals surface area contributed by atoms with Crippen LogP contribution in [0.1, 0.15) is 42.5 Å². The number of amides is 1. The van der Waals surface area contributed by atoms with Crippen molar-refractivity contribution in [1.82, 2.24) is 15.0 Å². The lowest BCUT2D eigenvalue weighted by Crippen LogP contribution is -2.60. The third-order valence-electron chi connectivity index (χ3n) is 9.42. The zero-order valence-electron chi connectivity index (χ0n) is 26.8. The maximum atomic E-state index is 15.7. The Morgan fingerprint density at radius 2 is 1.68 bits per heavy atom. The highest BCUT2D eigenvalue weighted by molar-refractivity contribution is 6.72. The van der Waals surface area contributed by atoms with E-state index in [2.05, 4.69) is 22.6 Å².